The molecule has 1 saturated heterocycles. The number of piperidine rings is 1. The van der Waals surface area contributed by atoms with Crippen molar-refractivity contribution >= 4 is 11.4 Å². The molecule has 1 aliphatic rings. The van der Waals surface area contributed by atoms with Gasteiger partial charge in [0.15, 0.2) is 0 Å². The molecular weight excluding hydrogens is 377 g/mol. The van der Waals surface area contributed by atoms with Crippen LogP contribution < -0.4 is 9.64 Å². The lowest BCUT2D eigenvalue weighted by atomic mass is 9.87. The Hall–Kier alpha value is -2.81. The van der Waals surface area contributed by atoms with E-state index in [4.69, 9.17) is 0 Å². The van der Waals surface area contributed by atoms with Crippen molar-refractivity contribution in [3.8, 4) is 5.75 Å². The number of hydrogen-bond acceptors (Lipinski definition) is 5. The maximum atomic E-state index is 13.0. The van der Waals surface area contributed by atoms with Gasteiger partial charge in [-0.15, -0.1) is 0 Å². The molecule has 28 heavy (non-hydrogen) atoms. The summed E-state index contributed by atoms with van der Waals surface area (Å²) in [5, 5.41) is 21.5. The Kier molecular flexibility index (Phi) is 6.03. The van der Waals surface area contributed by atoms with Gasteiger partial charge in [0.1, 0.15) is 5.82 Å². The van der Waals surface area contributed by atoms with Crippen LogP contribution in [0.3, 0.4) is 0 Å². The number of nitrogens with zero attached hydrogens (tertiary/aromatic N) is 2. The van der Waals surface area contributed by atoms with E-state index in [0.29, 0.717) is 37.2 Å². The zero-order chi connectivity index (χ0) is 20.3. The molecule has 3 rings (SSSR count). The molecule has 0 aromatic heterocycles. The summed E-state index contributed by atoms with van der Waals surface area (Å²) >= 11 is 0. The van der Waals surface area contributed by atoms with Gasteiger partial charge in [-0.1, -0.05) is 12.1 Å². The highest BCUT2D eigenvalue weighted by atomic mass is 19.3. The molecule has 0 radical (unpaired) electrons. The average Bonchev–Trinajstić information content (AvgIpc) is 2.67. The number of aliphatic hydroxyl groups is 1. The zero-order valence-corrected chi connectivity index (χ0v) is 14.8. The first-order valence-corrected chi connectivity index (χ1v) is 8.77. The van der Waals surface area contributed by atoms with E-state index < -0.39 is 29.1 Å². The lowest BCUT2D eigenvalue weighted by Gasteiger charge is -2.35. The minimum atomic E-state index is -3.16. The van der Waals surface area contributed by atoms with Crippen LogP contribution in [-0.2, 0) is 0 Å². The number of ether oxygens (including phenoxy) is 1. The van der Waals surface area contributed by atoms with Crippen LogP contribution >= 0.6 is 0 Å². The monoisotopic (exact) mass is 396 g/mol. The molecule has 6 nitrogen and oxygen atoms in total. The van der Waals surface area contributed by atoms with E-state index in [9.17, 15) is 28.4 Å². The van der Waals surface area contributed by atoms with Crippen LogP contribution in [0.1, 0.15) is 24.5 Å². The van der Waals surface area contributed by atoms with Crippen molar-refractivity contribution in [3.05, 3.63) is 64.0 Å². The van der Waals surface area contributed by atoms with Crippen LogP contribution in [0.4, 0.5) is 24.5 Å². The normalized spacial score (nSPS) is 16.2. The molecule has 1 aliphatic heterocycles. The van der Waals surface area contributed by atoms with Gasteiger partial charge < -0.3 is 14.7 Å². The van der Waals surface area contributed by atoms with Crippen LogP contribution in [-0.4, -0.2) is 29.7 Å². The van der Waals surface area contributed by atoms with E-state index in [0.717, 1.165) is 6.07 Å². The Labute approximate surface area is 159 Å². The maximum absolute atomic E-state index is 13.0. The number of nitro groups is 1. The molecule has 1 fully saturated rings. The van der Waals surface area contributed by atoms with Crippen LogP contribution in [0, 0.1) is 21.8 Å². The van der Waals surface area contributed by atoms with Gasteiger partial charge in [0.25, 0.3) is 0 Å². The van der Waals surface area contributed by atoms with Crippen molar-refractivity contribution < 1.29 is 27.9 Å². The Bertz CT molecular complexity index is 824. The van der Waals surface area contributed by atoms with E-state index in [-0.39, 0.29) is 11.7 Å². The van der Waals surface area contributed by atoms with E-state index >= 15 is 0 Å². The topological polar surface area (TPSA) is 75.8 Å². The fraction of sp³-hybridized carbons (Fsp3) is 0.368. The van der Waals surface area contributed by atoms with Crippen LogP contribution in [0.25, 0.3) is 0 Å². The lowest BCUT2D eigenvalue weighted by Crippen LogP contribution is -2.35. The van der Waals surface area contributed by atoms with Crippen LogP contribution in [0.5, 0.6) is 5.75 Å². The van der Waals surface area contributed by atoms with E-state index in [1.165, 1.54) is 24.3 Å². The van der Waals surface area contributed by atoms with Gasteiger partial charge in [-0.05, 0) is 42.5 Å². The molecule has 9 heteroatoms. The SMILES string of the molecule is O=[N+]([O-])c1ccc(N2CCC(C(O)c3ccc(F)cc3)CC2)cc1OC(F)F. The van der Waals surface area contributed by atoms with Gasteiger partial charge in [-0.2, -0.15) is 8.78 Å². The molecule has 0 spiro atoms. The maximum Gasteiger partial charge on any atom is 0.387 e. The predicted octanol–water partition coefficient (Wildman–Crippen LogP) is 4.29. The molecule has 2 aromatic carbocycles. The van der Waals surface area contributed by atoms with Gasteiger partial charge in [-0.25, -0.2) is 4.39 Å². The van der Waals surface area contributed by atoms with Crippen LogP contribution in [0.15, 0.2) is 42.5 Å². The highest BCUT2D eigenvalue weighted by molar-refractivity contribution is 5.59. The zero-order valence-electron chi connectivity index (χ0n) is 14.8. The average molecular weight is 396 g/mol. The second kappa shape index (κ2) is 8.47. The molecule has 1 atom stereocenters. The molecule has 0 amide bonds. The second-order valence-electron chi connectivity index (χ2n) is 6.61. The van der Waals surface area contributed by atoms with Crippen LogP contribution in [0.2, 0.25) is 0 Å². The molecule has 1 unspecified atom stereocenters. The summed E-state index contributed by atoms with van der Waals surface area (Å²) in [6, 6.07) is 9.58. The lowest BCUT2D eigenvalue weighted by molar-refractivity contribution is -0.386. The minimum absolute atomic E-state index is 0.0310. The molecule has 150 valence electrons. The van der Waals surface area contributed by atoms with Crippen molar-refractivity contribution in [3.63, 3.8) is 0 Å². The number of hydrogen-bond donors (Lipinski definition) is 1. The Morgan fingerprint density at radius 2 is 1.79 bits per heavy atom. The molecule has 0 bridgehead atoms. The summed E-state index contributed by atoms with van der Waals surface area (Å²) < 4.78 is 42.4. The third kappa shape index (κ3) is 4.53. The Balaban J connectivity index is 1.68. The fourth-order valence-electron chi connectivity index (χ4n) is 3.45. The molecule has 1 heterocycles. The summed E-state index contributed by atoms with van der Waals surface area (Å²) in [6.45, 7) is -2.09. The standard InChI is InChI=1S/C19H19F3N2O4/c20-14-3-1-12(2-4-14)18(25)13-7-9-23(10-8-13)15-5-6-16(24(26)27)17(11-15)28-19(21)22/h1-6,11,13,18-19,25H,7-10H2. The molecule has 2 aromatic rings. The number of rotatable bonds is 6. The first-order valence-electron chi connectivity index (χ1n) is 8.77. The summed E-state index contributed by atoms with van der Waals surface area (Å²) in [5.41, 5.74) is 0.657. The van der Waals surface area contributed by atoms with Crippen molar-refractivity contribution in [2.45, 2.75) is 25.6 Å². The number of benzene rings is 2. The number of halogens is 3. The third-order valence-corrected chi connectivity index (χ3v) is 4.92. The van der Waals surface area contributed by atoms with E-state index in [1.54, 1.807) is 12.1 Å². The highest BCUT2D eigenvalue weighted by Gasteiger charge is 2.28. The fourth-order valence-corrected chi connectivity index (χ4v) is 3.45. The molecule has 1 N–H and O–H groups in total. The molecule has 0 saturated carbocycles. The summed E-state index contributed by atoms with van der Waals surface area (Å²) in [4.78, 5) is 12.1. The first-order chi connectivity index (χ1) is 13.3. The molecular formula is C19H19F3N2O4. The number of anilines is 1. The largest absolute Gasteiger partial charge is 0.427 e. The van der Waals surface area contributed by atoms with Crippen molar-refractivity contribution in [1.82, 2.24) is 0 Å². The summed E-state index contributed by atoms with van der Waals surface area (Å²) in [6.07, 6.45) is 0.526. The Morgan fingerprint density at radius 3 is 2.36 bits per heavy atom. The summed E-state index contributed by atoms with van der Waals surface area (Å²) in [7, 11) is 0. The van der Waals surface area contributed by atoms with E-state index in [1.807, 2.05) is 4.90 Å². The van der Waals surface area contributed by atoms with Crippen molar-refractivity contribution in [2.24, 2.45) is 5.92 Å². The van der Waals surface area contributed by atoms with E-state index in [2.05, 4.69) is 4.74 Å². The number of aliphatic hydroxyl groups excluding tert-OH is 1. The second-order valence-corrected chi connectivity index (χ2v) is 6.61. The van der Waals surface area contributed by atoms with Gasteiger partial charge in [0, 0.05) is 30.9 Å². The van der Waals surface area contributed by atoms with Gasteiger partial charge in [-0.3, -0.25) is 10.1 Å². The summed E-state index contributed by atoms with van der Waals surface area (Å²) in [5.74, 6) is -0.881. The number of nitro benzene ring substituents is 1. The Morgan fingerprint density at radius 1 is 1.14 bits per heavy atom. The van der Waals surface area contributed by atoms with Gasteiger partial charge in [0.2, 0.25) is 5.75 Å². The van der Waals surface area contributed by atoms with Gasteiger partial charge in [0.05, 0.1) is 11.0 Å². The third-order valence-electron chi connectivity index (χ3n) is 4.92. The van der Waals surface area contributed by atoms with Crippen molar-refractivity contribution in [1.29, 1.82) is 0 Å². The quantitative estimate of drug-likeness (QED) is 0.583. The smallest absolute Gasteiger partial charge is 0.387 e. The van der Waals surface area contributed by atoms with Gasteiger partial charge >= 0.3 is 12.3 Å². The first kappa shape index (κ1) is 19.9. The number of alkyl halides is 2. The predicted molar refractivity (Wildman–Crippen MR) is 96.0 cm³/mol. The highest BCUT2D eigenvalue weighted by Crippen LogP contribution is 2.36. The minimum Gasteiger partial charge on any atom is -0.427 e. The molecule has 0 aliphatic carbocycles. The van der Waals surface area contributed by atoms with Crippen molar-refractivity contribution in [2.75, 3.05) is 18.0 Å².